The largest absolute Gasteiger partial charge is 0.481 e. The Labute approximate surface area is 126 Å². The first-order chi connectivity index (χ1) is 9.71. The lowest BCUT2D eigenvalue weighted by Gasteiger charge is -2.30. The zero-order valence-corrected chi connectivity index (χ0v) is 13.3. The van der Waals surface area contributed by atoms with Crippen molar-refractivity contribution in [3.05, 3.63) is 24.0 Å². The van der Waals surface area contributed by atoms with E-state index in [1.165, 1.54) is 0 Å². The molecule has 5 heteroatoms. The molecule has 1 rings (SSSR count). The predicted molar refractivity (Wildman–Crippen MR) is 82.2 cm³/mol. The van der Waals surface area contributed by atoms with Gasteiger partial charge in [-0.3, -0.25) is 9.59 Å². The third-order valence-corrected chi connectivity index (χ3v) is 3.89. The first-order valence-electron chi connectivity index (χ1n) is 7.33. The number of hydrogen-bond acceptors (Lipinski definition) is 2. The van der Waals surface area contributed by atoms with E-state index in [-0.39, 0.29) is 23.7 Å². The Morgan fingerprint density at radius 3 is 2.48 bits per heavy atom. The molecule has 0 fully saturated rings. The van der Waals surface area contributed by atoms with Crippen LogP contribution in [0.1, 0.15) is 50.5 Å². The van der Waals surface area contributed by atoms with E-state index in [9.17, 15) is 9.59 Å². The number of carboxylic acid groups (broad SMARTS) is 1. The van der Waals surface area contributed by atoms with Gasteiger partial charge in [0.05, 0.1) is 0 Å². The van der Waals surface area contributed by atoms with Gasteiger partial charge in [-0.25, -0.2) is 0 Å². The van der Waals surface area contributed by atoms with Gasteiger partial charge >= 0.3 is 5.97 Å². The van der Waals surface area contributed by atoms with Crippen molar-refractivity contribution in [2.75, 3.05) is 6.54 Å². The first-order valence-corrected chi connectivity index (χ1v) is 7.33. The summed E-state index contributed by atoms with van der Waals surface area (Å²) in [5.74, 6) is -0.590. The summed E-state index contributed by atoms with van der Waals surface area (Å²) in [7, 11) is 1.83. The Balaban J connectivity index is 2.48. The second-order valence-electron chi connectivity index (χ2n) is 6.54. The van der Waals surface area contributed by atoms with Crippen molar-refractivity contribution >= 4 is 11.9 Å². The van der Waals surface area contributed by atoms with E-state index in [2.05, 4.69) is 26.1 Å². The van der Waals surface area contributed by atoms with Crippen LogP contribution in [0, 0.1) is 11.3 Å². The third-order valence-electron chi connectivity index (χ3n) is 3.89. The molecule has 2 N–H and O–H groups in total. The van der Waals surface area contributed by atoms with Crippen molar-refractivity contribution < 1.29 is 14.7 Å². The van der Waals surface area contributed by atoms with Crippen molar-refractivity contribution in [1.82, 2.24) is 9.88 Å². The molecule has 1 atom stereocenters. The van der Waals surface area contributed by atoms with Crippen LogP contribution in [-0.2, 0) is 11.8 Å². The number of aryl methyl sites for hydroxylation is 1. The quantitative estimate of drug-likeness (QED) is 0.812. The van der Waals surface area contributed by atoms with E-state index in [0.717, 1.165) is 6.42 Å². The lowest BCUT2D eigenvalue weighted by Crippen LogP contribution is -2.30. The van der Waals surface area contributed by atoms with Gasteiger partial charge in [0.1, 0.15) is 5.69 Å². The molecule has 21 heavy (non-hydrogen) atoms. The number of carboxylic acids is 1. The normalized spacial score (nSPS) is 13.0. The molecule has 0 saturated heterocycles. The van der Waals surface area contributed by atoms with E-state index in [1.807, 2.05) is 19.3 Å². The summed E-state index contributed by atoms with van der Waals surface area (Å²) in [4.78, 5) is 22.7. The zero-order chi connectivity index (χ0) is 16.0. The number of carbonyl (C=O) groups excluding carboxylic acids is 1. The van der Waals surface area contributed by atoms with Gasteiger partial charge in [-0.15, -0.1) is 0 Å². The van der Waals surface area contributed by atoms with Crippen molar-refractivity contribution in [1.29, 1.82) is 0 Å². The molecule has 0 aromatic carbocycles. The van der Waals surface area contributed by atoms with Crippen molar-refractivity contribution in [3.63, 3.8) is 0 Å². The lowest BCUT2D eigenvalue weighted by molar-refractivity contribution is -0.137. The highest BCUT2D eigenvalue weighted by molar-refractivity contribution is 5.92. The van der Waals surface area contributed by atoms with Crippen LogP contribution in [0.3, 0.4) is 0 Å². The van der Waals surface area contributed by atoms with Gasteiger partial charge < -0.3 is 15.0 Å². The third kappa shape index (κ3) is 5.61. The number of aliphatic carboxylic acids is 1. The fourth-order valence-electron chi connectivity index (χ4n) is 2.46. The Morgan fingerprint density at radius 1 is 1.33 bits per heavy atom. The van der Waals surface area contributed by atoms with Gasteiger partial charge in [0.15, 0.2) is 0 Å². The smallest absolute Gasteiger partial charge is 0.303 e. The maximum absolute atomic E-state index is 12.0. The van der Waals surface area contributed by atoms with Gasteiger partial charge in [0.25, 0.3) is 5.91 Å². The summed E-state index contributed by atoms with van der Waals surface area (Å²) >= 11 is 0. The Bertz CT molecular complexity index is 486. The number of amides is 1. The number of aromatic nitrogens is 1. The molecule has 0 aliphatic carbocycles. The number of rotatable bonds is 7. The molecular formula is C16H26N2O3. The molecular weight excluding hydrogens is 268 g/mol. The second-order valence-corrected chi connectivity index (χ2v) is 6.54. The number of nitrogens with zero attached hydrogens (tertiary/aromatic N) is 1. The van der Waals surface area contributed by atoms with Crippen LogP contribution in [0.4, 0.5) is 0 Å². The topological polar surface area (TPSA) is 71.3 Å². The molecule has 1 unspecified atom stereocenters. The molecule has 0 aliphatic rings. The Hall–Kier alpha value is -1.78. The van der Waals surface area contributed by atoms with Gasteiger partial charge in [0.2, 0.25) is 0 Å². The minimum atomic E-state index is -0.767. The number of carbonyl (C=O) groups is 2. The molecule has 0 spiro atoms. The minimum Gasteiger partial charge on any atom is -0.481 e. The number of nitrogens with one attached hydrogen (secondary N) is 1. The Morgan fingerprint density at radius 2 is 2.00 bits per heavy atom. The van der Waals surface area contributed by atoms with Gasteiger partial charge in [-0.1, -0.05) is 20.8 Å². The summed E-state index contributed by atoms with van der Waals surface area (Å²) in [6.45, 7) is 6.89. The number of hydrogen-bond donors (Lipinski definition) is 2. The van der Waals surface area contributed by atoms with Crippen LogP contribution in [-0.4, -0.2) is 28.1 Å². The standard InChI is InChI=1S/C16H26N2O3/c1-16(2,3)12(7-8-14(19)20)9-10-17-15(21)13-6-5-11-18(13)4/h5-6,11-12H,7-10H2,1-4H3,(H,17,21)(H,19,20). The van der Waals surface area contributed by atoms with Gasteiger partial charge in [-0.2, -0.15) is 0 Å². The van der Waals surface area contributed by atoms with Crippen LogP contribution in [0.25, 0.3) is 0 Å². The summed E-state index contributed by atoms with van der Waals surface area (Å²) < 4.78 is 1.78. The summed E-state index contributed by atoms with van der Waals surface area (Å²) in [5, 5.41) is 11.7. The lowest BCUT2D eigenvalue weighted by atomic mass is 9.76. The highest BCUT2D eigenvalue weighted by Crippen LogP contribution is 2.32. The average molecular weight is 294 g/mol. The molecule has 0 bridgehead atoms. The maximum Gasteiger partial charge on any atom is 0.303 e. The van der Waals surface area contributed by atoms with Crippen LogP contribution in [0.15, 0.2) is 18.3 Å². The van der Waals surface area contributed by atoms with E-state index < -0.39 is 5.97 Å². The summed E-state index contributed by atoms with van der Waals surface area (Å²) in [5.41, 5.74) is 0.665. The van der Waals surface area contributed by atoms with E-state index in [1.54, 1.807) is 10.6 Å². The zero-order valence-electron chi connectivity index (χ0n) is 13.3. The van der Waals surface area contributed by atoms with Crippen LogP contribution in [0.5, 0.6) is 0 Å². The fourth-order valence-corrected chi connectivity index (χ4v) is 2.46. The minimum absolute atomic E-state index is 0.0329. The highest BCUT2D eigenvalue weighted by Gasteiger charge is 2.25. The molecule has 0 saturated carbocycles. The summed E-state index contributed by atoms with van der Waals surface area (Å²) in [6.07, 6.45) is 3.43. The Kier molecular flexibility index (Phi) is 6.00. The van der Waals surface area contributed by atoms with Gasteiger partial charge in [0, 0.05) is 26.2 Å². The monoisotopic (exact) mass is 294 g/mol. The first kappa shape index (κ1) is 17.3. The predicted octanol–water partition coefficient (Wildman–Crippen LogP) is 2.67. The average Bonchev–Trinajstić information content (AvgIpc) is 2.77. The molecule has 5 nitrogen and oxygen atoms in total. The fraction of sp³-hybridized carbons (Fsp3) is 0.625. The van der Waals surface area contributed by atoms with Crippen molar-refractivity contribution in [2.24, 2.45) is 18.4 Å². The van der Waals surface area contributed by atoms with Crippen molar-refractivity contribution in [3.8, 4) is 0 Å². The van der Waals surface area contributed by atoms with Crippen LogP contribution < -0.4 is 5.32 Å². The van der Waals surface area contributed by atoms with E-state index in [0.29, 0.717) is 18.7 Å². The molecule has 1 aromatic rings. The van der Waals surface area contributed by atoms with Crippen molar-refractivity contribution in [2.45, 2.75) is 40.0 Å². The van der Waals surface area contributed by atoms with E-state index >= 15 is 0 Å². The van der Waals surface area contributed by atoms with E-state index in [4.69, 9.17) is 5.11 Å². The van der Waals surface area contributed by atoms with Crippen LogP contribution in [0.2, 0.25) is 0 Å². The molecule has 0 aliphatic heterocycles. The maximum atomic E-state index is 12.0. The molecule has 1 heterocycles. The SMILES string of the molecule is Cn1cccc1C(=O)NCCC(CCC(=O)O)C(C)(C)C. The van der Waals surface area contributed by atoms with Gasteiger partial charge in [-0.05, 0) is 36.3 Å². The second kappa shape index (κ2) is 7.29. The highest BCUT2D eigenvalue weighted by atomic mass is 16.4. The molecule has 0 radical (unpaired) electrons. The molecule has 118 valence electrons. The molecule has 1 amide bonds. The molecule has 1 aromatic heterocycles. The van der Waals surface area contributed by atoms with Crippen LogP contribution >= 0.6 is 0 Å². The summed E-state index contributed by atoms with van der Waals surface area (Å²) in [6, 6.07) is 3.61.